The topological polar surface area (TPSA) is 69.6 Å². The summed E-state index contributed by atoms with van der Waals surface area (Å²) in [6.07, 6.45) is -0.680. The van der Waals surface area contributed by atoms with E-state index in [2.05, 4.69) is 9.62 Å². The van der Waals surface area contributed by atoms with E-state index in [0.717, 1.165) is 13.1 Å². The minimum absolute atomic E-state index is 0.190. The third-order valence-corrected chi connectivity index (χ3v) is 4.72. The Morgan fingerprint density at radius 3 is 2.50 bits per heavy atom. The van der Waals surface area contributed by atoms with E-state index in [1.54, 1.807) is 19.1 Å². The molecule has 0 aliphatic heterocycles. The van der Waals surface area contributed by atoms with Gasteiger partial charge in [0.1, 0.15) is 0 Å². The summed E-state index contributed by atoms with van der Waals surface area (Å²) in [6.45, 7) is 8.56. The fourth-order valence-corrected chi connectivity index (χ4v) is 2.98. The van der Waals surface area contributed by atoms with Crippen molar-refractivity contribution < 1.29 is 13.5 Å². The van der Waals surface area contributed by atoms with Gasteiger partial charge in [-0.3, -0.25) is 0 Å². The summed E-state index contributed by atoms with van der Waals surface area (Å²) in [4.78, 5) is 2.34. The second-order valence-electron chi connectivity index (χ2n) is 4.67. The molecule has 5 nitrogen and oxygen atoms in total. The van der Waals surface area contributed by atoms with Gasteiger partial charge in [-0.25, -0.2) is 13.1 Å². The lowest BCUT2D eigenvalue weighted by molar-refractivity contribution is 0.199. The first-order valence-corrected chi connectivity index (χ1v) is 8.39. The molecule has 20 heavy (non-hydrogen) atoms. The van der Waals surface area contributed by atoms with Crippen molar-refractivity contribution in [3.05, 3.63) is 29.8 Å². The second kappa shape index (κ2) is 7.73. The van der Waals surface area contributed by atoms with E-state index in [9.17, 15) is 13.5 Å². The van der Waals surface area contributed by atoms with Crippen LogP contribution >= 0.6 is 0 Å². The molecule has 1 atom stereocenters. The van der Waals surface area contributed by atoms with Gasteiger partial charge in [-0.2, -0.15) is 0 Å². The summed E-state index contributed by atoms with van der Waals surface area (Å²) >= 11 is 0. The summed E-state index contributed by atoms with van der Waals surface area (Å²) in [7, 11) is -3.52. The third kappa shape index (κ3) is 4.86. The van der Waals surface area contributed by atoms with Gasteiger partial charge in [0.05, 0.1) is 11.0 Å². The third-order valence-electron chi connectivity index (χ3n) is 3.27. The zero-order valence-electron chi connectivity index (χ0n) is 12.3. The Morgan fingerprint density at radius 1 is 1.30 bits per heavy atom. The molecule has 2 N–H and O–H groups in total. The van der Waals surface area contributed by atoms with Gasteiger partial charge in [-0.15, -0.1) is 0 Å². The maximum absolute atomic E-state index is 12.2. The Labute approximate surface area is 121 Å². The van der Waals surface area contributed by atoms with Crippen LogP contribution in [0.2, 0.25) is 0 Å². The molecule has 0 spiro atoms. The monoisotopic (exact) mass is 300 g/mol. The normalized spacial score (nSPS) is 13.7. The van der Waals surface area contributed by atoms with Crippen LogP contribution in [0.15, 0.2) is 29.2 Å². The number of nitrogens with one attached hydrogen (secondary N) is 1. The van der Waals surface area contributed by atoms with Crippen LogP contribution in [-0.2, 0) is 10.0 Å². The first kappa shape index (κ1) is 17.1. The van der Waals surface area contributed by atoms with Crippen LogP contribution in [0.5, 0.6) is 0 Å². The predicted molar refractivity (Wildman–Crippen MR) is 80.1 cm³/mol. The van der Waals surface area contributed by atoms with Crippen molar-refractivity contribution in [3.8, 4) is 0 Å². The standard InChI is InChI=1S/C14H24N2O3S/c1-4-16(5-2)10-9-15-20(18,19)14-8-6-7-13(11-14)12(3)17/h6-8,11-12,15,17H,4-5,9-10H2,1-3H3. The quantitative estimate of drug-likeness (QED) is 0.760. The van der Waals surface area contributed by atoms with Crippen LogP contribution in [0.3, 0.4) is 0 Å². The van der Waals surface area contributed by atoms with Crippen LogP contribution in [0.1, 0.15) is 32.4 Å². The van der Waals surface area contributed by atoms with Gasteiger partial charge >= 0.3 is 0 Å². The number of hydrogen-bond acceptors (Lipinski definition) is 4. The zero-order chi connectivity index (χ0) is 15.2. The number of aliphatic hydroxyl groups is 1. The van der Waals surface area contributed by atoms with E-state index < -0.39 is 16.1 Å². The molecule has 1 rings (SSSR count). The van der Waals surface area contributed by atoms with Gasteiger partial charge in [-0.1, -0.05) is 26.0 Å². The largest absolute Gasteiger partial charge is 0.389 e. The number of nitrogens with zero attached hydrogens (tertiary/aromatic N) is 1. The highest BCUT2D eigenvalue weighted by molar-refractivity contribution is 7.89. The maximum Gasteiger partial charge on any atom is 0.240 e. The molecule has 0 aliphatic carbocycles. The van der Waals surface area contributed by atoms with Gasteiger partial charge in [0.15, 0.2) is 0 Å². The van der Waals surface area contributed by atoms with Gasteiger partial charge in [0, 0.05) is 13.1 Å². The van der Waals surface area contributed by atoms with Crippen molar-refractivity contribution in [2.75, 3.05) is 26.2 Å². The number of aliphatic hydroxyl groups excluding tert-OH is 1. The molecule has 0 aliphatic rings. The lowest BCUT2D eigenvalue weighted by atomic mass is 10.1. The highest BCUT2D eigenvalue weighted by Crippen LogP contribution is 2.16. The van der Waals surface area contributed by atoms with Crippen LogP contribution in [0, 0.1) is 0 Å². The molecular formula is C14H24N2O3S. The van der Waals surface area contributed by atoms with Gasteiger partial charge < -0.3 is 10.0 Å². The van der Waals surface area contributed by atoms with Crippen molar-refractivity contribution >= 4 is 10.0 Å². The lowest BCUT2D eigenvalue weighted by Gasteiger charge is -2.18. The Hall–Kier alpha value is -0.950. The second-order valence-corrected chi connectivity index (χ2v) is 6.44. The van der Waals surface area contributed by atoms with E-state index in [1.807, 2.05) is 13.8 Å². The molecule has 0 heterocycles. The van der Waals surface area contributed by atoms with Crippen molar-refractivity contribution in [2.24, 2.45) is 0 Å². The summed E-state index contributed by atoms with van der Waals surface area (Å²) in [6, 6.07) is 6.39. The fraction of sp³-hybridized carbons (Fsp3) is 0.571. The van der Waals surface area contributed by atoms with Crippen LogP contribution in [0.4, 0.5) is 0 Å². The molecule has 0 bridgehead atoms. The minimum atomic E-state index is -3.52. The summed E-state index contributed by atoms with van der Waals surface area (Å²) in [5.41, 5.74) is 0.594. The van der Waals surface area contributed by atoms with Gasteiger partial charge in [-0.05, 0) is 37.7 Å². The van der Waals surface area contributed by atoms with E-state index in [1.165, 1.54) is 12.1 Å². The molecule has 6 heteroatoms. The van der Waals surface area contributed by atoms with E-state index in [-0.39, 0.29) is 4.90 Å². The van der Waals surface area contributed by atoms with Crippen molar-refractivity contribution in [2.45, 2.75) is 31.8 Å². The van der Waals surface area contributed by atoms with Crippen molar-refractivity contribution in [3.63, 3.8) is 0 Å². The molecule has 0 radical (unpaired) electrons. The molecule has 0 fully saturated rings. The number of likely N-dealkylation sites (N-methyl/N-ethyl adjacent to an activating group) is 1. The average molecular weight is 300 g/mol. The molecule has 1 aromatic rings. The van der Waals surface area contributed by atoms with Gasteiger partial charge in [0.25, 0.3) is 0 Å². The molecule has 0 aromatic heterocycles. The average Bonchev–Trinajstić information content (AvgIpc) is 2.43. The summed E-state index contributed by atoms with van der Waals surface area (Å²) in [5.74, 6) is 0. The van der Waals surface area contributed by atoms with Crippen LogP contribution < -0.4 is 4.72 Å². The number of sulfonamides is 1. The fourth-order valence-electron chi connectivity index (χ4n) is 1.90. The van der Waals surface area contributed by atoms with Gasteiger partial charge in [0.2, 0.25) is 10.0 Å². The minimum Gasteiger partial charge on any atom is -0.389 e. The van der Waals surface area contributed by atoms with Crippen molar-refractivity contribution in [1.82, 2.24) is 9.62 Å². The number of hydrogen-bond donors (Lipinski definition) is 2. The van der Waals surface area contributed by atoms with E-state index >= 15 is 0 Å². The van der Waals surface area contributed by atoms with Crippen LogP contribution in [0.25, 0.3) is 0 Å². The molecule has 0 saturated heterocycles. The van der Waals surface area contributed by atoms with E-state index in [4.69, 9.17) is 0 Å². The number of benzene rings is 1. The Morgan fingerprint density at radius 2 is 1.95 bits per heavy atom. The predicted octanol–water partition coefficient (Wildman–Crippen LogP) is 1.36. The zero-order valence-corrected chi connectivity index (χ0v) is 13.2. The number of rotatable bonds is 8. The van der Waals surface area contributed by atoms with E-state index in [0.29, 0.717) is 18.7 Å². The molecule has 0 amide bonds. The molecular weight excluding hydrogens is 276 g/mol. The maximum atomic E-state index is 12.2. The van der Waals surface area contributed by atoms with Crippen LogP contribution in [-0.4, -0.2) is 44.6 Å². The summed E-state index contributed by atoms with van der Waals surface area (Å²) < 4.78 is 26.9. The van der Waals surface area contributed by atoms with Crippen molar-refractivity contribution in [1.29, 1.82) is 0 Å². The Balaban J connectivity index is 2.71. The Kier molecular flexibility index (Phi) is 6.61. The first-order chi connectivity index (χ1) is 9.40. The Bertz CT molecular complexity index is 511. The SMILES string of the molecule is CCN(CC)CCNS(=O)(=O)c1cccc(C(C)O)c1. The highest BCUT2D eigenvalue weighted by Gasteiger charge is 2.15. The molecule has 1 unspecified atom stereocenters. The smallest absolute Gasteiger partial charge is 0.240 e. The highest BCUT2D eigenvalue weighted by atomic mass is 32.2. The first-order valence-electron chi connectivity index (χ1n) is 6.90. The molecule has 114 valence electrons. The summed E-state index contributed by atoms with van der Waals surface area (Å²) in [5, 5.41) is 9.50. The molecule has 0 saturated carbocycles. The molecule has 1 aromatic carbocycles. The lowest BCUT2D eigenvalue weighted by Crippen LogP contribution is -2.34.